The summed E-state index contributed by atoms with van der Waals surface area (Å²) < 4.78 is 24.0. The fourth-order valence-electron chi connectivity index (χ4n) is 1.34. The number of fused-ring (bicyclic) bond motifs is 1. The van der Waals surface area contributed by atoms with E-state index < -0.39 is 6.43 Å². The van der Waals surface area contributed by atoms with Crippen molar-refractivity contribution in [1.82, 2.24) is 4.98 Å². The molecule has 0 aliphatic heterocycles. The normalized spacial score (nSPS) is 11.1. The van der Waals surface area contributed by atoms with Crippen molar-refractivity contribution in [3.63, 3.8) is 0 Å². The third-order valence-corrected chi connectivity index (χ3v) is 1.97. The first kappa shape index (κ1) is 9.06. The molecule has 0 amide bonds. The maximum Gasteiger partial charge on any atom is 0.316 e. The summed E-state index contributed by atoms with van der Waals surface area (Å²) in [6, 6.07) is 10.9. The zero-order chi connectivity index (χ0) is 9.97. The maximum atomic E-state index is 12.0. The first-order chi connectivity index (χ1) is 6.75. The monoisotopic (exact) mass is 192 g/mol. The molecule has 0 aliphatic carbocycles. The molecule has 0 saturated carbocycles. The molecule has 0 aliphatic rings. The zero-order valence-corrected chi connectivity index (χ0v) is 7.37. The van der Waals surface area contributed by atoms with Crippen LogP contribution in [-0.4, -0.2) is 4.98 Å². The molecule has 2 rings (SSSR count). The van der Waals surface area contributed by atoms with E-state index in [0.717, 1.165) is 10.9 Å². The van der Waals surface area contributed by atoms with Gasteiger partial charge < -0.3 is 0 Å². The molecule has 0 atom stereocenters. The summed E-state index contributed by atoms with van der Waals surface area (Å²) in [6.45, 7) is 0. The lowest BCUT2D eigenvalue weighted by Gasteiger charge is -2.00. The Kier molecular flexibility index (Phi) is 2.39. The van der Waals surface area contributed by atoms with Crippen molar-refractivity contribution in [3.8, 4) is 0 Å². The summed E-state index contributed by atoms with van der Waals surface area (Å²) in [7, 11) is 0. The fourth-order valence-corrected chi connectivity index (χ4v) is 1.34. The highest BCUT2D eigenvalue weighted by molar-refractivity contribution is 5.78. The quantitative estimate of drug-likeness (QED) is 0.712. The van der Waals surface area contributed by atoms with Gasteiger partial charge in [0.2, 0.25) is 0 Å². The van der Waals surface area contributed by atoms with Crippen LogP contribution in [0.15, 0.2) is 36.4 Å². The molecule has 0 fully saturated rings. The van der Waals surface area contributed by atoms with E-state index in [1.807, 2.05) is 24.3 Å². The molecule has 1 aromatic heterocycles. The van der Waals surface area contributed by atoms with Crippen LogP contribution in [0.25, 0.3) is 10.9 Å². The minimum Gasteiger partial charge on any atom is -0.253 e. The standard InChI is InChI=1S/C11H8F2N/c12-11(13)7-9-6-5-8-3-1-2-4-10(8)14-9/h1-6H,7H2. The van der Waals surface area contributed by atoms with Gasteiger partial charge in [0.25, 0.3) is 0 Å². The molecule has 0 saturated heterocycles. The van der Waals surface area contributed by atoms with E-state index in [1.54, 1.807) is 12.1 Å². The molecule has 0 N–H and O–H groups in total. The van der Waals surface area contributed by atoms with Gasteiger partial charge in [0.15, 0.2) is 0 Å². The van der Waals surface area contributed by atoms with E-state index in [2.05, 4.69) is 4.98 Å². The Balaban J connectivity index is 2.41. The van der Waals surface area contributed by atoms with Crippen LogP contribution in [-0.2, 0) is 6.42 Å². The van der Waals surface area contributed by atoms with Crippen LogP contribution in [0.4, 0.5) is 8.78 Å². The number of hydrogen-bond donors (Lipinski definition) is 0. The zero-order valence-electron chi connectivity index (χ0n) is 7.37. The van der Waals surface area contributed by atoms with Crippen LogP contribution in [0, 0.1) is 6.43 Å². The molecule has 0 spiro atoms. The van der Waals surface area contributed by atoms with Gasteiger partial charge in [0.05, 0.1) is 11.9 Å². The molecule has 2 aromatic rings. The lowest BCUT2D eigenvalue weighted by Crippen LogP contribution is -1.93. The summed E-state index contributed by atoms with van der Waals surface area (Å²) >= 11 is 0. The van der Waals surface area contributed by atoms with Gasteiger partial charge in [0.1, 0.15) is 0 Å². The van der Waals surface area contributed by atoms with Gasteiger partial charge in [-0.1, -0.05) is 24.3 Å². The van der Waals surface area contributed by atoms with Crippen molar-refractivity contribution in [3.05, 3.63) is 48.5 Å². The topological polar surface area (TPSA) is 12.9 Å². The average molecular weight is 192 g/mol. The predicted molar refractivity (Wildman–Crippen MR) is 50.9 cm³/mol. The van der Waals surface area contributed by atoms with Gasteiger partial charge in [-0.15, -0.1) is 0 Å². The molecular formula is C11H8F2N. The van der Waals surface area contributed by atoms with Crippen LogP contribution >= 0.6 is 0 Å². The number of aromatic nitrogens is 1. The molecule has 71 valence electrons. The molecule has 0 bridgehead atoms. The van der Waals surface area contributed by atoms with Crippen LogP contribution in [0.1, 0.15) is 5.69 Å². The van der Waals surface area contributed by atoms with Crippen LogP contribution in [0.3, 0.4) is 0 Å². The number of halogens is 2. The van der Waals surface area contributed by atoms with Gasteiger partial charge in [0, 0.05) is 11.1 Å². The molecule has 14 heavy (non-hydrogen) atoms. The Morgan fingerprint density at radius 3 is 2.64 bits per heavy atom. The summed E-state index contributed by atoms with van der Waals surface area (Å²) in [5, 5.41) is 0.968. The lowest BCUT2D eigenvalue weighted by atomic mass is 10.2. The van der Waals surface area contributed by atoms with Gasteiger partial charge in [-0.25, -0.2) is 0 Å². The number of benzene rings is 1. The van der Waals surface area contributed by atoms with Crippen LogP contribution in [0.2, 0.25) is 0 Å². The second-order valence-electron chi connectivity index (χ2n) is 3.01. The van der Waals surface area contributed by atoms with E-state index >= 15 is 0 Å². The summed E-state index contributed by atoms with van der Waals surface area (Å²) in [4.78, 5) is 4.11. The van der Waals surface area contributed by atoms with E-state index in [0.29, 0.717) is 5.69 Å². The third kappa shape index (κ3) is 1.87. The summed E-state index contributed by atoms with van der Waals surface area (Å²) in [6.07, 6.45) is -1.96. The van der Waals surface area contributed by atoms with Gasteiger partial charge >= 0.3 is 6.43 Å². The number of nitrogens with zero attached hydrogens (tertiary/aromatic N) is 1. The van der Waals surface area contributed by atoms with Crippen LogP contribution < -0.4 is 0 Å². The first-order valence-electron chi connectivity index (χ1n) is 4.27. The second-order valence-corrected chi connectivity index (χ2v) is 3.01. The number of rotatable bonds is 2. The Bertz CT molecular complexity index is 440. The molecule has 1 nitrogen and oxygen atoms in total. The van der Waals surface area contributed by atoms with Crippen molar-refractivity contribution in [1.29, 1.82) is 0 Å². The van der Waals surface area contributed by atoms with E-state index in [-0.39, 0.29) is 6.42 Å². The number of pyridine rings is 1. The lowest BCUT2D eigenvalue weighted by molar-refractivity contribution is 0.281. The smallest absolute Gasteiger partial charge is 0.253 e. The summed E-state index contributed by atoms with van der Waals surface area (Å²) in [5.41, 5.74) is 1.16. The molecular weight excluding hydrogens is 184 g/mol. The van der Waals surface area contributed by atoms with Crippen molar-refractivity contribution in [2.75, 3.05) is 0 Å². The van der Waals surface area contributed by atoms with E-state index in [4.69, 9.17) is 0 Å². The minimum atomic E-state index is -1.60. The van der Waals surface area contributed by atoms with Crippen molar-refractivity contribution >= 4 is 10.9 Å². The average Bonchev–Trinajstić information content (AvgIpc) is 2.17. The molecule has 1 heterocycles. The summed E-state index contributed by atoms with van der Waals surface area (Å²) in [5.74, 6) is 0. The Morgan fingerprint density at radius 2 is 1.86 bits per heavy atom. The Labute approximate surface area is 80.4 Å². The molecule has 1 radical (unpaired) electrons. The van der Waals surface area contributed by atoms with Crippen molar-refractivity contribution in [2.45, 2.75) is 6.42 Å². The second kappa shape index (κ2) is 3.70. The molecule has 1 aromatic carbocycles. The maximum absolute atomic E-state index is 12.0. The largest absolute Gasteiger partial charge is 0.316 e. The molecule has 3 heteroatoms. The van der Waals surface area contributed by atoms with Crippen molar-refractivity contribution < 1.29 is 8.78 Å². The highest BCUT2D eigenvalue weighted by Crippen LogP contribution is 2.15. The highest BCUT2D eigenvalue weighted by Gasteiger charge is 2.08. The fraction of sp³-hybridized carbons (Fsp3) is 0.0909. The van der Waals surface area contributed by atoms with E-state index in [9.17, 15) is 8.78 Å². The first-order valence-corrected chi connectivity index (χ1v) is 4.27. The van der Waals surface area contributed by atoms with Gasteiger partial charge in [-0.05, 0) is 12.1 Å². The molecule has 0 unspecified atom stereocenters. The van der Waals surface area contributed by atoms with Gasteiger partial charge in [-0.2, -0.15) is 8.78 Å². The predicted octanol–water partition coefficient (Wildman–Crippen LogP) is 3.21. The highest BCUT2D eigenvalue weighted by atomic mass is 19.3. The third-order valence-electron chi connectivity index (χ3n) is 1.97. The number of para-hydroxylation sites is 1. The Morgan fingerprint density at radius 1 is 1.07 bits per heavy atom. The van der Waals surface area contributed by atoms with Gasteiger partial charge in [-0.3, -0.25) is 4.98 Å². The van der Waals surface area contributed by atoms with Crippen LogP contribution in [0.5, 0.6) is 0 Å². The minimum absolute atomic E-state index is 0.356. The Hall–Kier alpha value is -1.51. The van der Waals surface area contributed by atoms with Crippen molar-refractivity contribution in [2.24, 2.45) is 0 Å². The number of hydrogen-bond acceptors (Lipinski definition) is 1. The van der Waals surface area contributed by atoms with E-state index in [1.165, 1.54) is 0 Å². The SMILES string of the molecule is F[C](F)Cc1ccc2ccccc2n1.